The molecule has 0 saturated heterocycles. The molecule has 0 radical (unpaired) electrons. The Morgan fingerprint density at radius 3 is 2.67 bits per heavy atom. The van der Waals surface area contributed by atoms with E-state index in [9.17, 15) is 0 Å². The number of hydrogen-bond acceptors (Lipinski definition) is 3. The monoisotopic (exact) mass is 190 g/mol. The number of aliphatic hydroxyl groups excluding tert-OH is 1. The van der Waals surface area contributed by atoms with Gasteiger partial charge in [0.15, 0.2) is 5.05 Å². The topological polar surface area (TPSA) is 29.5 Å². The van der Waals surface area contributed by atoms with Gasteiger partial charge in [-0.05, 0) is 18.6 Å². The summed E-state index contributed by atoms with van der Waals surface area (Å²) >= 11 is 4.98. The van der Waals surface area contributed by atoms with Crippen molar-refractivity contribution in [3.63, 3.8) is 0 Å². The summed E-state index contributed by atoms with van der Waals surface area (Å²) in [6.07, 6.45) is 5.10. The van der Waals surface area contributed by atoms with Gasteiger partial charge in [-0.3, -0.25) is 0 Å². The van der Waals surface area contributed by atoms with E-state index in [2.05, 4.69) is 6.92 Å². The first-order valence-corrected chi connectivity index (χ1v) is 4.98. The number of thiocarbonyl (C=S) groups is 1. The predicted molar refractivity (Wildman–Crippen MR) is 54.4 cm³/mol. The Bertz CT molecular complexity index is 103. The van der Waals surface area contributed by atoms with Gasteiger partial charge in [-0.15, -0.1) is 0 Å². The van der Waals surface area contributed by atoms with Crippen molar-refractivity contribution in [2.75, 3.05) is 13.2 Å². The molecule has 0 rings (SSSR count). The molecule has 0 aliphatic carbocycles. The minimum Gasteiger partial charge on any atom is -0.487 e. The highest BCUT2D eigenvalue weighted by atomic mass is 32.1. The van der Waals surface area contributed by atoms with Crippen LogP contribution >= 0.6 is 12.2 Å². The summed E-state index contributed by atoms with van der Waals surface area (Å²) in [5.74, 6) is 0. The quantitative estimate of drug-likeness (QED) is 0.493. The summed E-state index contributed by atoms with van der Waals surface area (Å²) in [6.45, 7) is 2.90. The van der Waals surface area contributed by atoms with Gasteiger partial charge in [-0.2, -0.15) is 0 Å². The van der Waals surface area contributed by atoms with Gasteiger partial charge >= 0.3 is 0 Å². The standard InChI is InChI=1S/C9H18O2S/c1-2-3-4-6-9(12)11-8-5-7-10/h10H,2-8H2,1H3. The molecular formula is C9H18O2S. The van der Waals surface area contributed by atoms with E-state index in [0.29, 0.717) is 18.1 Å². The van der Waals surface area contributed by atoms with Crippen molar-refractivity contribution in [2.45, 2.75) is 39.0 Å². The minimum atomic E-state index is 0.178. The first-order chi connectivity index (χ1) is 5.81. The van der Waals surface area contributed by atoms with Gasteiger partial charge < -0.3 is 9.84 Å². The highest BCUT2D eigenvalue weighted by molar-refractivity contribution is 7.80. The maximum Gasteiger partial charge on any atom is 0.159 e. The van der Waals surface area contributed by atoms with E-state index in [1.165, 1.54) is 12.8 Å². The van der Waals surface area contributed by atoms with E-state index in [0.717, 1.165) is 12.8 Å². The molecule has 0 atom stereocenters. The zero-order valence-corrected chi connectivity index (χ0v) is 8.53. The van der Waals surface area contributed by atoms with Crippen LogP contribution in [0.15, 0.2) is 0 Å². The van der Waals surface area contributed by atoms with Crippen LogP contribution in [0.3, 0.4) is 0 Å². The molecule has 0 saturated carbocycles. The zero-order chi connectivity index (χ0) is 9.23. The Balaban J connectivity index is 3.10. The molecule has 0 unspecified atom stereocenters. The third-order valence-corrected chi connectivity index (χ3v) is 1.87. The van der Waals surface area contributed by atoms with E-state index in [-0.39, 0.29) is 6.61 Å². The van der Waals surface area contributed by atoms with Gasteiger partial charge in [0.1, 0.15) is 0 Å². The van der Waals surface area contributed by atoms with E-state index in [4.69, 9.17) is 22.1 Å². The normalized spacial score (nSPS) is 9.83. The molecule has 0 aromatic rings. The highest BCUT2D eigenvalue weighted by Gasteiger charge is 1.96. The van der Waals surface area contributed by atoms with Crippen molar-refractivity contribution in [3.05, 3.63) is 0 Å². The van der Waals surface area contributed by atoms with Gasteiger partial charge in [0, 0.05) is 19.4 Å². The fraction of sp³-hybridized carbons (Fsp3) is 0.889. The number of ether oxygens (including phenoxy) is 1. The van der Waals surface area contributed by atoms with E-state index in [1.54, 1.807) is 0 Å². The number of rotatable bonds is 7. The van der Waals surface area contributed by atoms with Crippen molar-refractivity contribution in [1.82, 2.24) is 0 Å². The molecule has 72 valence electrons. The molecule has 0 bridgehead atoms. The Hall–Kier alpha value is -0.150. The molecule has 1 N–H and O–H groups in total. The van der Waals surface area contributed by atoms with Crippen LogP contribution in [-0.2, 0) is 4.74 Å². The van der Waals surface area contributed by atoms with Crippen LogP contribution in [0.1, 0.15) is 39.0 Å². The van der Waals surface area contributed by atoms with E-state index >= 15 is 0 Å². The fourth-order valence-corrected chi connectivity index (χ4v) is 1.07. The second-order valence-electron chi connectivity index (χ2n) is 2.75. The Labute approximate surface area is 79.9 Å². The van der Waals surface area contributed by atoms with Crippen molar-refractivity contribution < 1.29 is 9.84 Å². The van der Waals surface area contributed by atoms with E-state index in [1.807, 2.05) is 0 Å². The van der Waals surface area contributed by atoms with E-state index < -0.39 is 0 Å². The van der Waals surface area contributed by atoms with Crippen molar-refractivity contribution >= 4 is 17.3 Å². The Morgan fingerprint density at radius 2 is 2.08 bits per heavy atom. The maximum absolute atomic E-state index is 8.47. The largest absolute Gasteiger partial charge is 0.487 e. The smallest absolute Gasteiger partial charge is 0.159 e. The average molecular weight is 190 g/mol. The lowest BCUT2D eigenvalue weighted by Gasteiger charge is -2.05. The van der Waals surface area contributed by atoms with Crippen molar-refractivity contribution in [3.8, 4) is 0 Å². The lowest BCUT2D eigenvalue weighted by molar-refractivity contribution is 0.227. The van der Waals surface area contributed by atoms with Gasteiger partial charge in [0.25, 0.3) is 0 Å². The number of hydrogen-bond donors (Lipinski definition) is 1. The summed E-state index contributed by atoms with van der Waals surface area (Å²) in [6, 6.07) is 0. The Kier molecular flexibility index (Phi) is 8.83. The summed E-state index contributed by atoms with van der Waals surface area (Å²) in [5, 5.41) is 9.16. The molecule has 0 heterocycles. The lowest BCUT2D eigenvalue weighted by atomic mass is 10.2. The fourth-order valence-electron chi connectivity index (χ4n) is 0.842. The number of aliphatic hydroxyl groups is 1. The van der Waals surface area contributed by atoms with Crippen LogP contribution in [0, 0.1) is 0 Å². The molecule has 0 aromatic carbocycles. The molecular weight excluding hydrogens is 172 g/mol. The first-order valence-electron chi connectivity index (χ1n) is 4.57. The van der Waals surface area contributed by atoms with Crippen LogP contribution in [0.4, 0.5) is 0 Å². The average Bonchev–Trinajstić information content (AvgIpc) is 2.06. The van der Waals surface area contributed by atoms with Crippen LogP contribution in [0.5, 0.6) is 0 Å². The number of unbranched alkanes of at least 4 members (excludes halogenated alkanes) is 2. The van der Waals surface area contributed by atoms with Gasteiger partial charge in [-0.1, -0.05) is 19.8 Å². The maximum atomic E-state index is 8.47. The molecule has 3 heteroatoms. The molecule has 2 nitrogen and oxygen atoms in total. The Morgan fingerprint density at radius 1 is 1.33 bits per heavy atom. The van der Waals surface area contributed by atoms with Crippen molar-refractivity contribution in [2.24, 2.45) is 0 Å². The molecule has 0 aromatic heterocycles. The minimum absolute atomic E-state index is 0.178. The van der Waals surface area contributed by atoms with Gasteiger partial charge in [0.2, 0.25) is 0 Å². The summed E-state index contributed by atoms with van der Waals surface area (Å²) in [4.78, 5) is 0. The van der Waals surface area contributed by atoms with Crippen LogP contribution < -0.4 is 0 Å². The van der Waals surface area contributed by atoms with Gasteiger partial charge in [-0.25, -0.2) is 0 Å². The molecule has 0 aliphatic rings. The molecule has 0 aliphatic heterocycles. The molecule has 0 spiro atoms. The second-order valence-corrected chi connectivity index (χ2v) is 3.21. The van der Waals surface area contributed by atoms with Crippen LogP contribution in [0.25, 0.3) is 0 Å². The molecule has 12 heavy (non-hydrogen) atoms. The van der Waals surface area contributed by atoms with Gasteiger partial charge in [0.05, 0.1) is 6.61 Å². The SMILES string of the molecule is CCCCCC(=S)OCCCO. The lowest BCUT2D eigenvalue weighted by Crippen LogP contribution is -2.04. The molecule has 0 amide bonds. The second kappa shape index (κ2) is 8.94. The highest BCUT2D eigenvalue weighted by Crippen LogP contribution is 2.02. The third-order valence-electron chi connectivity index (χ3n) is 1.55. The van der Waals surface area contributed by atoms with Crippen LogP contribution in [-0.4, -0.2) is 23.4 Å². The third kappa shape index (κ3) is 7.95. The van der Waals surface area contributed by atoms with Crippen molar-refractivity contribution in [1.29, 1.82) is 0 Å². The summed E-state index contributed by atoms with van der Waals surface area (Å²) < 4.78 is 5.20. The predicted octanol–water partition coefficient (Wildman–Crippen LogP) is 2.29. The first kappa shape index (κ1) is 11.8. The summed E-state index contributed by atoms with van der Waals surface area (Å²) in [5.41, 5.74) is 0. The summed E-state index contributed by atoms with van der Waals surface area (Å²) in [7, 11) is 0. The zero-order valence-electron chi connectivity index (χ0n) is 7.71. The molecule has 0 fully saturated rings. The van der Waals surface area contributed by atoms with Crippen LogP contribution in [0.2, 0.25) is 0 Å².